The summed E-state index contributed by atoms with van der Waals surface area (Å²) in [5.74, 6) is -1.22. The number of rotatable bonds is 4. The highest BCUT2D eigenvalue weighted by Crippen LogP contribution is 2.01. The van der Waals surface area contributed by atoms with E-state index in [1.54, 1.807) is 13.8 Å². The van der Waals surface area contributed by atoms with Gasteiger partial charge in [0.2, 0.25) is 5.91 Å². The van der Waals surface area contributed by atoms with Crippen LogP contribution < -0.4 is 0 Å². The van der Waals surface area contributed by atoms with E-state index >= 15 is 0 Å². The third-order valence-electron chi connectivity index (χ3n) is 1.38. The maximum absolute atomic E-state index is 11.1. The van der Waals surface area contributed by atoms with Gasteiger partial charge in [0.1, 0.15) is 5.88 Å². The molecule has 0 rings (SSSR count). The van der Waals surface area contributed by atoms with Crippen LogP contribution in [0.2, 0.25) is 0 Å². The van der Waals surface area contributed by atoms with Crippen molar-refractivity contribution in [3.8, 4) is 0 Å². The minimum absolute atomic E-state index is 0.299. The molecule has 0 spiro atoms. The predicted octanol–water partition coefficient (Wildman–Crippen LogP) is 0.255. The van der Waals surface area contributed by atoms with E-state index in [1.807, 2.05) is 0 Å². The second kappa shape index (κ2) is 4.38. The smallest absolute Gasteiger partial charge is 0.283 e. The maximum Gasteiger partial charge on any atom is 0.283 e. The predicted molar refractivity (Wildman–Crippen MR) is 48.6 cm³/mol. The van der Waals surface area contributed by atoms with Gasteiger partial charge in [-0.1, -0.05) is 6.58 Å². The maximum atomic E-state index is 11.1. The van der Waals surface area contributed by atoms with Gasteiger partial charge in [0, 0.05) is 6.04 Å². The summed E-state index contributed by atoms with van der Waals surface area (Å²) >= 11 is 0. The first kappa shape index (κ1) is 12.1. The quantitative estimate of drug-likeness (QED) is 0.530. The zero-order valence-electron chi connectivity index (χ0n) is 7.60. The Morgan fingerprint density at radius 3 is 2.31 bits per heavy atom. The molecule has 0 aromatic rings. The SMILES string of the molecule is C=CC(=O)N(CS(=O)(=O)O)C(C)C. The molecule has 0 aliphatic rings. The monoisotopic (exact) mass is 207 g/mol. The van der Waals surface area contributed by atoms with Crippen LogP contribution in [0.25, 0.3) is 0 Å². The summed E-state index contributed by atoms with van der Waals surface area (Å²) in [5, 5.41) is 0. The average molecular weight is 207 g/mol. The Kier molecular flexibility index (Phi) is 4.09. The van der Waals surface area contributed by atoms with Crippen molar-refractivity contribution in [1.29, 1.82) is 0 Å². The van der Waals surface area contributed by atoms with Crippen LogP contribution in [0.15, 0.2) is 12.7 Å². The molecule has 0 bridgehead atoms. The molecule has 1 amide bonds. The van der Waals surface area contributed by atoms with E-state index in [1.165, 1.54) is 0 Å². The van der Waals surface area contributed by atoms with Gasteiger partial charge < -0.3 is 4.90 Å². The van der Waals surface area contributed by atoms with E-state index in [0.717, 1.165) is 11.0 Å². The second-order valence-electron chi connectivity index (χ2n) is 2.82. The molecule has 0 aromatic carbocycles. The van der Waals surface area contributed by atoms with Crippen LogP contribution >= 0.6 is 0 Å². The van der Waals surface area contributed by atoms with Crippen LogP contribution in [0.5, 0.6) is 0 Å². The van der Waals surface area contributed by atoms with Crippen LogP contribution in [0, 0.1) is 0 Å². The number of hydrogen-bond acceptors (Lipinski definition) is 3. The van der Waals surface area contributed by atoms with E-state index in [0.29, 0.717) is 0 Å². The third-order valence-corrected chi connectivity index (χ3v) is 1.99. The lowest BCUT2D eigenvalue weighted by molar-refractivity contribution is -0.126. The Balaban J connectivity index is 4.64. The molecule has 0 radical (unpaired) electrons. The molecule has 0 aliphatic heterocycles. The van der Waals surface area contributed by atoms with Crippen molar-refractivity contribution in [3.63, 3.8) is 0 Å². The van der Waals surface area contributed by atoms with Crippen LogP contribution in [-0.2, 0) is 14.9 Å². The molecule has 0 unspecified atom stereocenters. The van der Waals surface area contributed by atoms with E-state index < -0.39 is 21.9 Å². The van der Waals surface area contributed by atoms with Gasteiger partial charge in [-0.3, -0.25) is 9.35 Å². The summed E-state index contributed by atoms with van der Waals surface area (Å²) in [6.45, 7) is 6.52. The summed E-state index contributed by atoms with van der Waals surface area (Å²) in [4.78, 5) is 12.1. The lowest BCUT2D eigenvalue weighted by Crippen LogP contribution is -2.39. The van der Waals surface area contributed by atoms with Crippen LogP contribution in [0.4, 0.5) is 0 Å². The highest BCUT2D eigenvalue weighted by atomic mass is 32.2. The van der Waals surface area contributed by atoms with Gasteiger partial charge in [-0.15, -0.1) is 0 Å². The Hall–Kier alpha value is -0.880. The molecule has 0 saturated heterocycles. The minimum atomic E-state index is -4.17. The van der Waals surface area contributed by atoms with Crippen LogP contribution in [0.1, 0.15) is 13.8 Å². The van der Waals surface area contributed by atoms with Crippen LogP contribution in [0.3, 0.4) is 0 Å². The van der Waals surface area contributed by atoms with Crippen LogP contribution in [-0.4, -0.2) is 35.7 Å². The Morgan fingerprint density at radius 1 is 1.62 bits per heavy atom. The Labute approximate surface area is 77.8 Å². The highest BCUT2D eigenvalue weighted by molar-refractivity contribution is 7.85. The number of hydrogen-bond donors (Lipinski definition) is 1. The molecule has 0 aromatic heterocycles. The topological polar surface area (TPSA) is 74.7 Å². The number of nitrogens with zero attached hydrogens (tertiary/aromatic N) is 1. The van der Waals surface area contributed by atoms with Gasteiger partial charge in [-0.05, 0) is 19.9 Å². The fourth-order valence-corrected chi connectivity index (χ4v) is 1.54. The van der Waals surface area contributed by atoms with Crippen molar-refractivity contribution in [1.82, 2.24) is 4.90 Å². The lowest BCUT2D eigenvalue weighted by Gasteiger charge is -2.23. The van der Waals surface area contributed by atoms with Crippen molar-refractivity contribution in [3.05, 3.63) is 12.7 Å². The Bertz CT molecular complexity index is 294. The molecular formula is C7H13NO4S. The fourth-order valence-electron chi connectivity index (χ4n) is 0.760. The molecule has 13 heavy (non-hydrogen) atoms. The largest absolute Gasteiger partial charge is 0.320 e. The molecule has 0 atom stereocenters. The molecule has 6 heteroatoms. The summed E-state index contributed by atoms with van der Waals surface area (Å²) in [7, 11) is -4.17. The summed E-state index contributed by atoms with van der Waals surface area (Å²) < 4.78 is 29.5. The van der Waals surface area contributed by atoms with E-state index in [9.17, 15) is 13.2 Å². The normalized spacial score (nSPS) is 11.4. The highest BCUT2D eigenvalue weighted by Gasteiger charge is 2.19. The van der Waals surface area contributed by atoms with Crippen molar-refractivity contribution in [2.75, 3.05) is 5.88 Å². The third kappa shape index (κ3) is 4.64. The summed E-state index contributed by atoms with van der Waals surface area (Å²) in [5.41, 5.74) is 0. The van der Waals surface area contributed by atoms with Crippen molar-refractivity contribution in [2.45, 2.75) is 19.9 Å². The van der Waals surface area contributed by atoms with Gasteiger partial charge in [0.05, 0.1) is 0 Å². The molecule has 76 valence electrons. The van der Waals surface area contributed by atoms with E-state index in [2.05, 4.69) is 6.58 Å². The van der Waals surface area contributed by atoms with Gasteiger partial charge in [-0.2, -0.15) is 8.42 Å². The number of carbonyl (C=O) groups excluding carboxylic acids is 1. The summed E-state index contributed by atoms with van der Waals surface area (Å²) in [6, 6.07) is -0.299. The first-order valence-electron chi connectivity index (χ1n) is 3.66. The molecule has 0 fully saturated rings. The minimum Gasteiger partial charge on any atom is -0.320 e. The van der Waals surface area contributed by atoms with E-state index in [-0.39, 0.29) is 6.04 Å². The average Bonchev–Trinajstić information content (AvgIpc) is 1.96. The van der Waals surface area contributed by atoms with Gasteiger partial charge in [0.25, 0.3) is 10.1 Å². The first-order chi connectivity index (χ1) is 5.78. The number of amides is 1. The number of carbonyl (C=O) groups is 1. The fraction of sp³-hybridized carbons (Fsp3) is 0.571. The van der Waals surface area contributed by atoms with Crippen molar-refractivity contribution < 1.29 is 17.8 Å². The van der Waals surface area contributed by atoms with Crippen molar-refractivity contribution >= 4 is 16.0 Å². The van der Waals surface area contributed by atoms with E-state index in [4.69, 9.17) is 4.55 Å². The zero-order chi connectivity index (χ0) is 10.6. The molecular weight excluding hydrogens is 194 g/mol. The lowest BCUT2D eigenvalue weighted by atomic mass is 10.3. The Morgan fingerprint density at radius 2 is 2.08 bits per heavy atom. The molecule has 1 N–H and O–H groups in total. The standard InChI is InChI=1S/C7H13NO4S/c1-4-7(9)8(6(2)3)5-13(10,11)12/h4,6H,1,5H2,2-3H3,(H,10,11,12). The molecule has 0 heterocycles. The molecule has 5 nitrogen and oxygen atoms in total. The van der Waals surface area contributed by atoms with Gasteiger partial charge in [0.15, 0.2) is 0 Å². The van der Waals surface area contributed by atoms with Gasteiger partial charge >= 0.3 is 0 Å². The van der Waals surface area contributed by atoms with Crippen molar-refractivity contribution in [2.24, 2.45) is 0 Å². The zero-order valence-corrected chi connectivity index (χ0v) is 8.41. The summed E-state index contributed by atoms with van der Waals surface area (Å²) in [6.07, 6.45) is 1.01. The first-order valence-corrected chi connectivity index (χ1v) is 5.27. The second-order valence-corrected chi connectivity index (χ2v) is 4.24. The molecule has 0 aliphatic carbocycles. The van der Waals surface area contributed by atoms with Gasteiger partial charge in [-0.25, -0.2) is 0 Å². The molecule has 0 saturated carbocycles.